The van der Waals surface area contributed by atoms with Crippen LogP contribution in [0.25, 0.3) is 0 Å². The third kappa shape index (κ3) is 6.38. The molecule has 20 unspecified atom stereocenters. The zero-order valence-electron chi connectivity index (χ0n) is 30.2. The molecule has 0 aromatic carbocycles. The first kappa shape index (κ1) is 38.1. The number of rotatable bonds is 4. The van der Waals surface area contributed by atoms with Crippen molar-refractivity contribution < 1.29 is 59.1 Å². The Balaban J connectivity index is 0.00000400. The molecule has 0 aromatic rings. The predicted octanol–water partition coefficient (Wildman–Crippen LogP) is -0.154. The van der Waals surface area contributed by atoms with Gasteiger partial charge in [0.1, 0.15) is 0 Å². The maximum atomic E-state index is 13.2. The van der Waals surface area contributed by atoms with E-state index in [-0.39, 0.29) is 68.3 Å². The Bertz CT molecular complexity index is 1350. The average Bonchev–Trinajstić information content (AvgIpc) is 3.86. The number of fused-ring (bicyclic) bond motifs is 20. The van der Waals surface area contributed by atoms with Crippen molar-refractivity contribution in [1.82, 2.24) is 42.5 Å². The van der Waals surface area contributed by atoms with Crippen molar-refractivity contribution in [2.45, 2.75) is 126 Å². The maximum Gasteiger partial charge on any atom is 0.308 e. The number of carboxylic acid groups (broad SMARTS) is 4. The topological polar surface area (TPSA) is 245 Å². The second-order valence-electron chi connectivity index (χ2n) is 17.6. The van der Waals surface area contributed by atoms with Crippen LogP contribution in [0.15, 0.2) is 0 Å². The van der Waals surface area contributed by atoms with Gasteiger partial charge in [-0.1, -0.05) is 38.5 Å². The van der Waals surface area contributed by atoms with Gasteiger partial charge in [0, 0.05) is 31.3 Å². The van der Waals surface area contributed by atoms with Crippen LogP contribution in [-0.2, 0) is 38.7 Å². The van der Waals surface area contributed by atoms with Crippen LogP contribution in [0, 0.1) is 71.0 Å². The van der Waals surface area contributed by atoms with E-state index in [4.69, 9.17) is 0 Å². The average molecular weight is 794 g/mol. The normalized spacial score (nSPS) is 51.5. The summed E-state index contributed by atoms with van der Waals surface area (Å²) in [5, 5.41) is 73.1. The molecule has 20 atom stereocenters. The first-order valence-corrected chi connectivity index (χ1v) is 20.1. The molecule has 0 radical (unpaired) electrons. The SMILES string of the molecule is O=C(O)C1C(C(=O)O)C(C(=O)O)C2C3NC4NC(NC5NC(NC6NC(NC(N3)C2C1C(=O)O)C1CCCCC61)C1CCCCC51)C1CCCCC41.[Zn]. The molecule has 9 aliphatic rings. The molecule has 0 spiro atoms. The minimum absolute atomic E-state index is 0. The molecule has 9 rings (SSSR count). The fourth-order valence-corrected chi connectivity index (χ4v) is 13.4. The van der Waals surface area contributed by atoms with Crippen molar-refractivity contribution in [3.8, 4) is 0 Å². The zero-order chi connectivity index (χ0) is 36.0. The molecular weight excluding hydrogens is 738 g/mol. The van der Waals surface area contributed by atoms with Crippen LogP contribution >= 0.6 is 0 Å². The summed E-state index contributed by atoms with van der Waals surface area (Å²) in [6.07, 6.45) is 11.4. The van der Waals surface area contributed by atoms with Gasteiger partial charge in [0.25, 0.3) is 0 Å². The molecule has 16 nitrogen and oxygen atoms in total. The van der Waals surface area contributed by atoms with E-state index in [1.807, 2.05) is 0 Å². The molecule has 290 valence electrons. The van der Waals surface area contributed by atoms with Crippen LogP contribution in [-0.4, -0.2) is 93.6 Å². The summed E-state index contributed by atoms with van der Waals surface area (Å²) in [7, 11) is 0. The van der Waals surface area contributed by atoms with Gasteiger partial charge >= 0.3 is 23.9 Å². The van der Waals surface area contributed by atoms with Crippen LogP contribution in [0.2, 0.25) is 0 Å². The van der Waals surface area contributed by atoms with E-state index in [0.29, 0.717) is 23.7 Å². The summed E-state index contributed by atoms with van der Waals surface area (Å²) in [6.45, 7) is 0. The second kappa shape index (κ2) is 14.9. The molecule has 5 aliphatic heterocycles. The molecule has 0 aromatic heterocycles. The number of nitrogens with one attached hydrogen (secondary N) is 8. The fourth-order valence-electron chi connectivity index (χ4n) is 13.4. The van der Waals surface area contributed by atoms with Gasteiger partial charge in [-0.3, -0.25) is 61.7 Å². The van der Waals surface area contributed by atoms with E-state index in [1.54, 1.807) is 0 Å². The van der Waals surface area contributed by atoms with E-state index >= 15 is 0 Å². The van der Waals surface area contributed by atoms with E-state index in [9.17, 15) is 39.6 Å². The Kier molecular flexibility index (Phi) is 10.7. The van der Waals surface area contributed by atoms with Gasteiger partial charge in [-0.2, -0.15) is 0 Å². The van der Waals surface area contributed by atoms with Gasteiger partial charge in [0.15, 0.2) is 0 Å². The molecule has 0 amide bonds. The van der Waals surface area contributed by atoms with Gasteiger partial charge < -0.3 is 20.4 Å². The Morgan fingerprint density at radius 2 is 0.509 bits per heavy atom. The molecule has 12 N–H and O–H groups in total. The van der Waals surface area contributed by atoms with E-state index in [1.165, 1.54) is 25.7 Å². The number of carboxylic acids is 4. The summed E-state index contributed by atoms with van der Waals surface area (Å²) in [4.78, 5) is 52.0. The van der Waals surface area contributed by atoms with Crippen molar-refractivity contribution in [3.63, 3.8) is 0 Å². The van der Waals surface area contributed by atoms with Crippen molar-refractivity contribution >= 4 is 23.9 Å². The van der Waals surface area contributed by atoms with Gasteiger partial charge in [0.2, 0.25) is 0 Å². The number of hydrogen-bond donors (Lipinski definition) is 12. The minimum atomic E-state index is -1.92. The summed E-state index contributed by atoms with van der Waals surface area (Å²) in [5.41, 5.74) is 0. The Labute approximate surface area is 322 Å². The first-order valence-electron chi connectivity index (χ1n) is 20.1. The molecule has 8 bridgehead atoms. The number of aliphatic carboxylic acids is 4. The molecule has 17 heteroatoms. The monoisotopic (exact) mass is 792 g/mol. The zero-order valence-corrected chi connectivity index (χ0v) is 33.1. The molecule has 9 fully saturated rings. The third-order valence-electron chi connectivity index (χ3n) is 15.4. The van der Waals surface area contributed by atoms with Gasteiger partial charge in [-0.05, 0) is 74.0 Å². The smallest absolute Gasteiger partial charge is 0.308 e. The van der Waals surface area contributed by atoms with E-state index in [0.717, 1.165) is 51.4 Å². The molecule has 4 aliphatic carbocycles. The van der Waals surface area contributed by atoms with Crippen molar-refractivity contribution in [1.29, 1.82) is 0 Å². The summed E-state index contributed by atoms with van der Waals surface area (Å²) < 4.78 is 0. The fraction of sp³-hybridized carbons (Fsp3) is 0.889. The molecule has 53 heavy (non-hydrogen) atoms. The number of carbonyl (C=O) groups is 4. The Hall–Kier alpha value is -1.82. The van der Waals surface area contributed by atoms with Crippen molar-refractivity contribution in [2.24, 2.45) is 71.0 Å². The van der Waals surface area contributed by atoms with Gasteiger partial charge in [-0.15, -0.1) is 0 Å². The first-order chi connectivity index (χ1) is 25.1. The van der Waals surface area contributed by atoms with Crippen molar-refractivity contribution in [3.05, 3.63) is 0 Å². The van der Waals surface area contributed by atoms with Crippen LogP contribution in [0.5, 0.6) is 0 Å². The van der Waals surface area contributed by atoms with E-state index < -0.39 is 71.7 Å². The van der Waals surface area contributed by atoms with Crippen molar-refractivity contribution in [2.75, 3.05) is 0 Å². The molecular formula is C36H56N8O8Zn. The molecule has 5 saturated heterocycles. The number of hydrogen-bond acceptors (Lipinski definition) is 12. The van der Waals surface area contributed by atoms with E-state index in [2.05, 4.69) is 42.5 Å². The van der Waals surface area contributed by atoms with Crippen LogP contribution < -0.4 is 42.5 Å². The predicted molar refractivity (Wildman–Crippen MR) is 183 cm³/mol. The van der Waals surface area contributed by atoms with Crippen LogP contribution in [0.3, 0.4) is 0 Å². The molecule has 4 saturated carbocycles. The third-order valence-corrected chi connectivity index (χ3v) is 15.4. The van der Waals surface area contributed by atoms with Crippen LogP contribution in [0.1, 0.15) is 77.0 Å². The van der Waals surface area contributed by atoms with Gasteiger partial charge in [-0.25, -0.2) is 0 Å². The second-order valence-corrected chi connectivity index (χ2v) is 17.6. The quantitative estimate of drug-likeness (QED) is 0.166. The Morgan fingerprint density at radius 3 is 0.717 bits per heavy atom. The maximum absolute atomic E-state index is 13.2. The standard InChI is InChI=1S/C36H56N8O8.Zn/c45-33(46)21-19-20(22(34(47)48)24(36(51)52)23(21)35(49)50)32-43-30-18-12-6-4-10-16(18)28(41-30)39-26-14-8-2-1-7-13(14)25(37-26)38-27-15-9-3-5-11-17(15)29(40-27)42-31(19)44-32;/h13-32,37-44H,1-12H2,(H,45,46)(H,47,48)(H,49,50)(H,51,52);. The summed E-state index contributed by atoms with van der Waals surface area (Å²) in [6, 6.07) is 0. The largest absolute Gasteiger partial charge is 0.481 e. The summed E-state index contributed by atoms with van der Waals surface area (Å²) >= 11 is 0. The minimum Gasteiger partial charge on any atom is -0.481 e. The Morgan fingerprint density at radius 1 is 0.321 bits per heavy atom. The summed E-state index contributed by atoms with van der Waals surface area (Å²) in [5.74, 6) is -13.1. The van der Waals surface area contributed by atoms with Crippen LogP contribution in [0.4, 0.5) is 0 Å². The van der Waals surface area contributed by atoms with Gasteiger partial charge in [0.05, 0.1) is 73.0 Å². The molecule has 5 heterocycles.